The van der Waals surface area contributed by atoms with E-state index in [2.05, 4.69) is 63.5 Å². The molecule has 0 bridgehead atoms. The highest BCUT2D eigenvalue weighted by Gasteiger charge is 2.18. The van der Waals surface area contributed by atoms with Gasteiger partial charge < -0.3 is 27.2 Å². The smallest absolute Gasteiger partial charge is 0.0800 e. The van der Waals surface area contributed by atoms with Crippen molar-refractivity contribution in [3.63, 3.8) is 0 Å². The Labute approximate surface area is 222 Å². The molecule has 0 spiro atoms. The van der Waals surface area contributed by atoms with Crippen molar-refractivity contribution < 1.29 is 21.5 Å². The number of unbranched alkanes of at least 4 members (excludes halogenated alkanes) is 13. The molecule has 34 heavy (non-hydrogen) atoms. The molecule has 2 aromatic rings. The van der Waals surface area contributed by atoms with E-state index in [0.717, 1.165) is 17.4 Å². The fraction of sp³-hybridized carbons (Fsp3) is 0.677. The molecule has 0 aromatic heterocycles. The van der Waals surface area contributed by atoms with E-state index in [9.17, 15) is 0 Å². The van der Waals surface area contributed by atoms with Gasteiger partial charge in [0.25, 0.3) is 0 Å². The van der Waals surface area contributed by atoms with Crippen LogP contribution in [0.3, 0.4) is 0 Å². The Kier molecular flexibility index (Phi) is 16.8. The highest BCUT2D eigenvalue weighted by molar-refractivity contribution is 5.86. The summed E-state index contributed by atoms with van der Waals surface area (Å²) in [6.45, 7) is 4.70. The summed E-state index contributed by atoms with van der Waals surface area (Å²) >= 11 is 0. The Morgan fingerprint density at radius 1 is 0.647 bits per heavy atom. The largest absolute Gasteiger partial charge is 1.00 e. The molecule has 2 nitrogen and oxygen atoms in total. The minimum atomic E-state index is 0. The van der Waals surface area contributed by atoms with Crippen LogP contribution in [0.25, 0.3) is 10.8 Å². The standard InChI is InChI=1S/C31H53N2.BrH/c1-4-5-6-7-8-9-10-11-12-13-14-15-16-19-26-33(2,3)27-25-31(32)30-24-20-22-28-21-17-18-23-29(28)30;/h17-18,20-24,31H,4-16,19,25-27,32H2,1-3H3;1H/q+1;/p-1. The van der Waals surface area contributed by atoms with Gasteiger partial charge in [-0.2, -0.15) is 0 Å². The lowest BCUT2D eigenvalue weighted by molar-refractivity contribution is -0.890. The Balaban J connectivity index is 0.00000578. The second kappa shape index (κ2) is 18.4. The lowest BCUT2D eigenvalue weighted by Crippen LogP contribution is -3.00. The van der Waals surface area contributed by atoms with Crippen molar-refractivity contribution in [1.82, 2.24) is 0 Å². The molecule has 0 radical (unpaired) electrons. The topological polar surface area (TPSA) is 26.0 Å². The summed E-state index contributed by atoms with van der Waals surface area (Å²) in [4.78, 5) is 0. The molecule has 0 aliphatic heterocycles. The molecule has 2 aromatic carbocycles. The zero-order valence-electron chi connectivity index (χ0n) is 22.5. The minimum absolute atomic E-state index is 0. The third-order valence-corrected chi connectivity index (χ3v) is 7.39. The molecule has 3 heteroatoms. The van der Waals surface area contributed by atoms with Crippen LogP contribution in [-0.4, -0.2) is 31.7 Å². The first kappa shape index (κ1) is 31.1. The van der Waals surface area contributed by atoms with Gasteiger partial charge in [-0.25, -0.2) is 0 Å². The van der Waals surface area contributed by atoms with Crippen molar-refractivity contribution in [3.05, 3.63) is 48.0 Å². The van der Waals surface area contributed by atoms with Crippen LogP contribution in [-0.2, 0) is 0 Å². The summed E-state index contributed by atoms with van der Waals surface area (Å²) in [7, 11) is 4.75. The van der Waals surface area contributed by atoms with E-state index in [1.807, 2.05) is 0 Å². The maximum absolute atomic E-state index is 6.64. The van der Waals surface area contributed by atoms with Crippen LogP contribution in [0.15, 0.2) is 42.5 Å². The lowest BCUT2D eigenvalue weighted by Gasteiger charge is -2.31. The summed E-state index contributed by atoms with van der Waals surface area (Å²) in [5.41, 5.74) is 7.93. The molecule has 2 N–H and O–H groups in total. The second-order valence-corrected chi connectivity index (χ2v) is 10.9. The Hall–Kier alpha value is -0.900. The SMILES string of the molecule is CCCCCCCCCCCCCCCC[N+](C)(C)CCC(N)c1cccc2ccccc12.[Br-]. The van der Waals surface area contributed by atoms with E-state index in [4.69, 9.17) is 5.73 Å². The van der Waals surface area contributed by atoms with Gasteiger partial charge in [0.1, 0.15) is 0 Å². The van der Waals surface area contributed by atoms with E-state index in [1.165, 1.54) is 113 Å². The number of rotatable bonds is 19. The average Bonchev–Trinajstić information content (AvgIpc) is 2.82. The summed E-state index contributed by atoms with van der Waals surface area (Å²) < 4.78 is 1.08. The molecule has 0 saturated carbocycles. The zero-order chi connectivity index (χ0) is 23.8. The van der Waals surface area contributed by atoms with Gasteiger partial charge in [0, 0.05) is 12.5 Å². The maximum Gasteiger partial charge on any atom is 0.0800 e. The number of fused-ring (bicyclic) bond motifs is 1. The van der Waals surface area contributed by atoms with Crippen molar-refractivity contribution in [2.24, 2.45) is 5.73 Å². The Morgan fingerprint density at radius 2 is 1.15 bits per heavy atom. The van der Waals surface area contributed by atoms with Crippen LogP contribution in [0.1, 0.15) is 115 Å². The summed E-state index contributed by atoms with van der Waals surface area (Å²) in [6.07, 6.45) is 21.0. The van der Waals surface area contributed by atoms with E-state index < -0.39 is 0 Å². The van der Waals surface area contributed by atoms with Crippen LogP contribution >= 0.6 is 0 Å². The van der Waals surface area contributed by atoms with E-state index in [0.29, 0.717) is 0 Å². The van der Waals surface area contributed by atoms with E-state index in [-0.39, 0.29) is 23.0 Å². The monoisotopic (exact) mass is 532 g/mol. The van der Waals surface area contributed by atoms with Crippen LogP contribution in [0.5, 0.6) is 0 Å². The van der Waals surface area contributed by atoms with Crippen molar-refractivity contribution in [2.45, 2.75) is 109 Å². The van der Waals surface area contributed by atoms with Crippen molar-refractivity contribution >= 4 is 10.8 Å². The molecule has 1 atom stereocenters. The second-order valence-electron chi connectivity index (χ2n) is 10.9. The number of hydrogen-bond donors (Lipinski definition) is 1. The predicted molar refractivity (Wildman–Crippen MR) is 148 cm³/mol. The maximum atomic E-state index is 6.64. The number of nitrogens with zero attached hydrogens (tertiary/aromatic N) is 1. The molecule has 0 saturated heterocycles. The summed E-state index contributed by atoms with van der Waals surface area (Å²) in [5.74, 6) is 0. The zero-order valence-corrected chi connectivity index (χ0v) is 24.1. The first-order chi connectivity index (χ1) is 16.0. The number of benzene rings is 2. The first-order valence-electron chi connectivity index (χ1n) is 14.1. The van der Waals surface area contributed by atoms with E-state index >= 15 is 0 Å². The molecule has 0 fully saturated rings. The van der Waals surface area contributed by atoms with Gasteiger partial charge in [0.05, 0.1) is 27.2 Å². The Morgan fingerprint density at radius 3 is 1.74 bits per heavy atom. The fourth-order valence-electron chi connectivity index (χ4n) is 5.06. The summed E-state index contributed by atoms with van der Waals surface area (Å²) in [6, 6.07) is 15.3. The molecule has 0 aliphatic rings. The summed E-state index contributed by atoms with van der Waals surface area (Å²) in [5, 5.41) is 2.60. The van der Waals surface area contributed by atoms with Gasteiger partial charge >= 0.3 is 0 Å². The van der Waals surface area contributed by atoms with Crippen molar-refractivity contribution in [2.75, 3.05) is 27.2 Å². The average molecular weight is 534 g/mol. The van der Waals surface area contributed by atoms with Gasteiger partial charge in [-0.1, -0.05) is 126 Å². The molecule has 0 heterocycles. The molecular formula is C31H53BrN2. The molecule has 1 unspecified atom stereocenters. The van der Waals surface area contributed by atoms with Crippen molar-refractivity contribution in [3.8, 4) is 0 Å². The van der Waals surface area contributed by atoms with Gasteiger partial charge in [0.15, 0.2) is 0 Å². The highest BCUT2D eigenvalue weighted by atomic mass is 79.9. The van der Waals surface area contributed by atoms with E-state index in [1.54, 1.807) is 0 Å². The van der Waals surface area contributed by atoms with Crippen LogP contribution in [0.4, 0.5) is 0 Å². The predicted octanol–water partition coefficient (Wildman–Crippen LogP) is 5.79. The van der Waals surface area contributed by atoms with Crippen molar-refractivity contribution in [1.29, 1.82) is 0 Å². The third-order valence-electron chi connectivity index (χ3n) is 7.39. The van der Waals surface area contributed by atoms with Gasteiger partial charge in [0.2, 0.25) is 0 Å². The number of halogens is 1. The minimum Gasteiger partial charge on any atom is -1.00 e. The number of hydrogen-bond acceptors (Lipinski definition) is 1. The molecule has 0 amide bonds. The van der Waals surface area contributed by atoms with Gasteiger partial charge in [-0.15, -0.1) is 0 Å². The quantitative estimate of drug-likeness (QED) is 0.180. The Bertz CT molecular complexity index is 753. The van der Waals surface area contributed by atoms with Crippen LogP contribution in [0.2, 0.25) is 0 Å². The van der Waals surface area contributed by atoms with Crippen LogP contribution in [0, 0.1) is 0 Å². The molecular weight excluding hydrogens is 480 g/mol. The van der Waals surface area contributed by atoms with Crippen LogP contribution < -0.4 is 22.7 Å². The number of quaternary nitrogens is 1. The normalized spacial score (nSPS) is 12.6. The van der Waals surface area contributed by atoms with Gasteiger partial charge in [-0.3, -0.25) is 0 Å². The lowest BCUT2D eigenvalue weighted by atomic mass is 9.97. The number of nitrogens with two attached hydrogens (primary N) is 1. The third kappa shape index (κ3) is 12.7. The highest BCUT2D eigenvalue weighted by Crippen LogP contribution is 2.25. The molecule has 0 aliphatic carbocycles. The molecule has 2 rings (SSSR count). The fourth-order valence-corrected chi connectivity index (χ4v) is 5.06. The molecule has 194 valence electrons. The first-order valence-corrected chi connectivity index (χ1v) is 14.1. The van der Waals surface area contributed by atoms with Gasteiger partial charge in [-0.05, 0) is 29.2 Å².